The lowest BCUT2D eigenvalue weighted by Crippen LogP contribution is -2.86. The van der Waals surface area contributed by atoms with Crippen molar-refractivity contribution in [2.75, 3.05) is 20.6 Å². The maximum absolute atomic E-state index is 13.7. The number of hydrogen-bond donors (Lipinski definition) is 3. The molecule has 1 aliphatic heterocycles. The molecule has 190 valence electrons. The number of nitrogens with zero attached hydrogens (tertiary/aromatic N) is 1. The third kappa shape index (κ3) is 3.78. The summed E-state index contributed by atoms with van der Waals surface area (Å²) in [5, 5.41) is 35.2. The zero-order chi connectivity index (χ0) is 24.5. The Morgan fingerprint density at radius 1 is 1.24 bits per heavy atom. The van der Waals surface area contributed by atoms with Crippen LogP contribution in [0.3, 0.4) is 0 Å². The van der Waals surface area contributed by atoms with Crippen molar-refractivity contribution in [1.82, 2.24) is 4.90 Å². The first-order valence-electron chi connectivity index (χ1n) is 11.3. The van der Waals surface area contributed by atoms with Crippen LogP contribution in [-0.4, -0.2) is 87.7 Å². The SMILES string of the molecule is C=C[C@@]1(C)CC(=O)[C@]2(O)[C@@]3(C)[C@@H](O)CCC(C)(C)[C@@H]3[C@@H](O)[C@H](OC(=O)CN(C)C)[C@@]2(C)O1.Cl. The van der Waals surface area contributed by atoms with Crippen LogP contribution in [0.2, 0.25) is 0 Å². The number of carbonyl (C=O) groups is 2. The van der Waals surface area contributed by atoms with E-state index in [4.69, 9.17) is 9.47 Å². The Morgan fingerprint density at radius 3 is 2.33 bits per heavy atom. The minimum absolute atomic E-state index is 0. The fraction of sp³-hybridized carbons (Fsp3) is 0.833. The van der Waals surface area contributed by atoms with Gasteiger partial charge in [0.2, 0.25) is 0 Å². The Morgan fingerprint density at radius 2 is 1.82 bits per heavy atom. The number of ketones is 1. The van der Waals surface area contributed by atoms with Gasteiger partial charge >= 0.3 is 5.97 Å². The van der Waals surface area contributed by atoms with E-state index < -0.39 is 63.6 Å². The van der Waals surface area contributed by atoms with Gasteiger partial charge in [-0.3, -0.25) is 14.5 Å². The second-order valence-corrected chi connectivity index (χ2v) is 11.5. The molecule has 3 fully saturated rings. The Balaban J connectivity index is 0.00000385. The third-order valence-corrected chi connectivity index (χ3v) is 8.43. The molecule has 0 unspecified atom stereocenters. The zero-order valence-corrected chi connectivity index (χ0v) is 21.6. The van der Waals surface area contributed by atoms with Crippen molar-refractivity contribution in [2.24, 2.45) is 16.7 Å². The van der Waals surface area contributed by atoms with E-state index in [2.05, 4.69) is 6.58 Å². The molecule has 3 aliphatic rings. The number of likely N-dealkylation sites (N-methyl/N-ethyl adjacent to an activating group) is 1. The van der Waals surface area contributed by atoms with E-state index >= 15 is 0 Å². The quantitative estimate of drug-likeness (QED) is 0.401. The molecule has 8 atom stereocenters. The molecular formula is C24H40ClNO7. The fourth-order valence-electron chi connectivity index (χ4n) is 6.92. The lowest BCUT2D eigenvalue weighted by Gasteiger charge is -2.71. The van der Waals surface area contributed by atoms with Crippen molar-refractivity contribution in [2.45, 2.75) is 89.0 Å². The van der Waals surface area contributed by atoms with Crippen molar-refractivity contribution in [3.05, 3.63) is 12.7 Å². The first-order chi connectivity index (χ1) is 14.5. The van der Waals surface area contributed by atoms with Gasteiger partial charge < -0.3 is 24.8 Å². The average Bonchev–Trinajstić information content (AvgIpc) is 2.65. The van der Waals surface area contributed by atoms with Crippen molar-refractivity contribution < 1.29 is 34.4 Å². The topological polar surface area (TPSA) is 117 Å². The highest BCUT2D eigenvalue weighted by Crippen LogP contribution is 2.67. The molecular weight excluding hydrogens is 450 g/mol. The molecule has 33 heavy (non-hydrogen) atoms. The van der Waals surface area contributed by atoms with Crippen molar-refractivity contribution in [3.8, 4) is 0 Å². The Hall–Kier alpha value is -1.03. The van der Waals surface area contributed by atoms with Gasteiger partial charge in [0, 0.05) is 17.8 Å². The molecule has 9 heteroatoms. The van der Waals surface area contributed by atoms with Crippen LogP contribution >= 0.6 is 12.4 Å². The normalized spacial score (nSPS) is 46.6. The Kier molecular flexibility index (Phi) is 7.33. The van der Waals surface area contributed by atoms with Crippen LogP contribution in [-0.2, 0) is 19.1 Å². The molecule has 2 aliphatic carbocycles. The van der Waals surface area contributed by atoms with Gasteiger partial charge in [-0.05, 0) is 46.2 Å². The zero-order valence-electron chi connectivity index (χ0n) is 20.8. The average molecular weight is 490 g/mol. The molecule has 3 rings (SSSR count). The summed E-state index contributed by atoms with van der Waals surface area (Å²) in [5.74, 6) is -1.85. The number of esters is 1. The summed E-state index contributed by atoms with van der Waals surface area (Å²) < 4.78 is 12.1. The molecule has 8 nitrogen and oxygen atoms in total. The Labute approximate surface area is 202 Å². The summed E-state index contributed by atoms with van der Waals surface area (Å²) in [5.41, 5.74) is -7.12. The first kappa shape index (κ1) is 28.2. The molecule has 0 amide bonds. The largest absolute Gasteiger partial charge is 0.455 e. The van der Waals surface area contributed by atoms with Gasteiger partial charge in [0.1, 0.15) is 5.60 Å². The smallest absolute Gasteiger partial charge is 0.320 e. The van der Waals surface area contributed by atoms with E-state index in [0.717, 1.165) is 0 Å². The fourth-order valence-corrected chi connectivity index (χ4v) is 6.92. The molecule has 0 radical (unpaired) electrons. The number of aliphatic hydroxyl groups excluding tert-OH is 2. The number of halogens is 1. The number of Topliss-reactive ketones (excluding diaryl/α,β-unsaturated/α-hetero) is 1. The molecule has 2 saturated carbocycles. The van der Waals surface area contributed by atoms with Crippen molar-refractivity contribution >= 4 is 24.2 Å². The molecule has 1 heterocycles. The molecule has 0 spiro atoms. The number of hydrogen-bond acceptors (Lipinski definition) is 8. The highest BCUT2D eigenvalue weighted by molar-refractivity contribution is 5.92. The van der Waals surface area contributed by atoms with E-state index in [1.165, 1.54) is 13.0 Å². The predicted octanol–water partition coefficient (Wildman–Crippen LogP) is 1.48. The monoisotopic (exact) mass is 489 g/mol. The van der Waals surface area contributed by atoms with E-state index in [9.17, 15) is 24.9 Å². The van der Waals surface area contributed by atoms with E-state index in [1.54, 1.807) is 32.8 Å². The predicted molar refractivity (Wildman–Crippen MR) is 125 cm³/mol. The molecule has 1 saturated heterocycles. The molecule has 0 aromatic carbocycles. The number of fused-ring (bicyclic) bond motifs is 3. The van der Waals surface area contributed by atoms with Crippen LogP contribution in [0, 0.1) is 16.7 Å². The number of aliphatic hydroxyl groups is 3. The minimum Gasteiger partial charge on any atom is -0.455 e. The number of ether oxygens (including phenoxy) is 2. The maximum atomic E-state index is 13.7. The van der Waals surface area contributed by atoms with Gasteiger partial charge in [0.25, 0.3) is 0 Å². The molecule has 0 bridgehead atoms. The van der Waals surface area contributed by atoms with Crippen LogP contribution < -0.4 is 0 Å². The first-order valence-corrected chi connectivity index (χ1v) is 11.3. The summed E-state index contributed by atoms with van der Waals surface area (Å²) in [6.07, 6.45) is -1.38. The Bertz CT molecular complexity index is 819. The molecule has 0 aromatic heterocycles. The van der Waals surface area contributed by atoms with Crippen LogP contribution in [0.5, 0.6) is 0 Å². The van der Waals surface area contributed by atoms with Gasteiger partial charge in [0.15, 0.2) is 17.5 Å². The van der Waals surface area contributed by atoms with Crippen LogP contribution in [0.25, 0.3) is 0 Å². The summed E-state index contributed by atoms with van der Waals surface area (Å²) >= 11 is 0. The summed E-state index contributed by atoms with van der Waals surface area (Å²) in [7, 11) is 3.42. The maximum Gasteiger partial charge on any atom is 0.320 e. The van der Waals surface area contributed by atoms with Gasteiger partial charge in [-0.2, -0.15) is 0 Å². The number of rotatable bonds is 4. The van der Waals surface area contributed by atoms with E-state index in [1.807, 2.05) is 13.8 Å². The van der Waals surface area contributed by atoms with E-state index in [0.29, 0.717) is 12.8 Å². The molecule has 0 aromatic rings. The second kappa shape index (κ2) is 8.57. The van der Waals surface area contributed by atoms with Crippen LogP contribution in [0.4, 0.5) is 0 Å². The van der Waals surface area contributed by atoms with E-state index in [-0.39, 0.29) is 25.4 Å². The van der Waals surface area contributed by atoms with Gasteiger partial charge in [0.05, 0.1) is 24.4 Å². The van der Waals surface area contributed by atoms with Crippen molar-refractivity contribution in [3.63, 3.8) is 0 Å². The summed E-state index contributed by atoms with van der Waals surface area (Å²) in [4.78, 5) is 28.1. The molecule has 3 N–H and O–H groups in total. The van der Waals surface area contributed by atoms with Crippen LogP contribution in [0.1, 0.15) is 53.9 Å². The highest BCUT2D eigenvalue weighted by Gasteiger charge is 2.81. The number of carbonyl (C=O) groups excluding carboxylic acids is 2. The highest BCUT2D eigenvalue weighted by atomic mass is 35.5. The minimum atomic E-state index is -2.20. The van der Waals surface area contributed by atoms with Gasteiger partial charge in [-0.15, -0.1) is 19.0 Å². The van der Waals surface area contributed by atoms with Gasteiger partial charge in [-0.1, -0.05) is 26.8 Å². The van der Waals surface area contributed by atoms with Gasteiger partial charge in [-0.25, -0.2) is 0 Å². The summed E-state index contributed by atoms with van der Waals surface area (Å²) in [6, 6.07) is 0. The summed E-state index contributed by atoms with van der Waals surface area (Å²) in [6.45, 7) is 12.4. The second-order valence-electron chi connectivity index (χ2n) is 11.5. The standard InChI is InChI=1S/C24H39NO7.ClH/c1-9-21(4)12-15(27)24(30)22(5)14(26)10-11-20(2,3)18(22)17(29)19(23(24,6)32-21)31-16(28)13-25(7)8;/h9,14,17-19,26,29-30H,1,10-13H2,2-8H3;1H/t14-,17+,18-,19-,21-,22-,23+,24-;/m0./s1. The lowest BCUT2D eigenvalue weighted by molar-refractivity contribution is -0.370. The van der Waals surface area contributed by atoms with Crippen molar-refractivity contribution in [1.29, 1.82) is 0 Å². The van der Waals surface area contributed by atoms with Crippen LogP contribution in [0.15, 0.2) is 12.7 Å². The lowest BCUT2D eigenvalue weighted by atomic mass is 9.40. The third-order valence-electron chi connectivity index (χ3n) is 8.43.